The lowest BCUT2D eigenvalue weighted by Crippen LogP contribution is -2.39. The van der Waals surface area contributed by atoms with Gasteiger partial charge in [-0.1, -0.05) is 39.0 Å². The largest absolute Gasteiger partial charge is 0.496 e. The monoisotopic (exact) mass is 422 g/mol. The minimum absolute atomic E-state index is 0.00417. The molecule has 1 saturated heterocycles. The summed E-state index contributed by atoms with van der Waals surface area (Å²) in [6.07, 6.45) is 2.06. The van der Waals surface area contributed by atoms with E-state index in [1.165, 1.54) is 0 Å². The van der Waals surface area contributed by atoms with Crippen molar-refractivity contribution in [3.05, 3.63) is 46.9 Å². The van der Waals surface area contributed by atoms with E-state index in [2.05, 4.69) is 0 Å². The first-order valence-corrected chi connectivity index (χ1v) is 10.8. The van der Waals surface area contributed by atoms with Crippen LogP contribution in [0.2, 0.25) is 0 Å². The number of fused-ring (bicyclic) bond motifs is 1. The van der Waals surface area contributed by atoms with Gasteiger partial charge in [0.2, 0.25) is 11.8 Å². The first kappa shape index (κ1) is 21.3. The minimum atomic E-state index is -0.458. The number of ether oxygens (including phenoxy) is 1. The van der Waals surface area contributed by atoms with Gasteiger partial charge in [0, 0.05) is 28.8 Å². The van der Waals surface area contributed by atoms with Crippen molar-refractivity contribution < 1.29 is 14.3 Å². The molecule has 7 heteroatoms. The molecule has 31 heavy (non-hydrogen) atoms. The maximum absolute atomic E-state index is 13.0. The van der Waals surface area contributed by atoms with E-state index in [0.717, 1.165) is 35.4 Å². The lowest BCUT2D eigenvalue weighted by atomic mass is 9.94. The fourth-order valence-corrected chi connectivity index (χ4v) is 4.42. The molecular formula is C24H30N4O3. The molecule has 2 aliphatic rings. The summed E-state index contributed by atoms with van der Waals surface area (Å²) < 4.78 is 5.46. The van der Waals surface area contributed by atoms with Crippen molar-refractivity contribution in [1.82, 2.24) is 14.9 Å². The van der Waals surface area contributed by atoms with Crippen LogP contribution in [-0.4, -0.2) is 40.3 Å². The second-order valence-corrected chi connectivity index (χ2v) is 9.34. The smallest absolute Gasteiger partial charge is 0.233 e. The van der Waals surface area contributed by atoms with Crippen molar-refractivity contribution in [1.29, 1.82) is 0 Å². The number of hydrogen-bond acceptors (Lipinski definition) is 5. The number of aryl methyl sites for hydroxylation is 1. The van der Waals surface area contributed by atoms with E-state index in [-0.39, 0.29) is 17.9 Å². The van der Waals surface area contributed by atoms with E-state index in [0.29, 0.717) is 31.2 Å². The summed E-state index contributed by atoms with van der Waals surface area (Å²) in [6.45, 7) is 8.84. The van der Waals surface area contributed by atoms with Crippen LogP contribution in [0.15, 0.2) is 24.3 Å². The van der Waals surface area contributed by atoms with Gasteiger partial charge in [-0.05, 0) is 25.8 Å². The Labute approximate surface area is 183 Å². The van der Waals surface area contributed by atoms with Gasteiger partial charge in [0.25, 0.3) is 0 Å². The molecule has 1 unspecified atom stereocenters. The van der Waals surface area contributed by atoms with Crippen LogP contribution in [0.4, 0.5) is 5.82 Å². The first-order valence-electron chi connectivity index (χ1n) is 10.8. The molecule has 0 spiro atoms. The van der Waals surface area contributed by atoms with Gasteiger partial charge in [-0.3, -0.25) is 14.5 Å². The summed E-state index contributed by atoms with van der Waals surface area (Å²) in [5.41, 5.74) is 2.15. The molecule has 0 radical (unpaired) electrons. The molecule has 4 rings (SSSR count). The van der Waals surface area contributed by atoms with Gasteiger partial charge < -0.3 is 9.64 Å². The molecule has 1 atom stereocenters. The molecule has 2 aliphatic heterocycles. The fraction of sp³-hybridized carbons (Fsp3) is 0.500. The Kier molecular flexibility index (Phi) is 5.45. The molecule has 0 aliphatic carbocycles. The third-order valence-electron chi connectivity index (χ3n) is 6.07. The molecule has 1 fully saturated rings. The number of rotatable bonds is 4. The number of anilines is 1. The van der Waals surface area contributed by atoms with Gasteiger partial charge in [-0.15, -0.1) is 0 Å². The van der Waals surface area contributed by atoms with Gasteiger partial charge in [-0.2, -0.15) is 0 Å². The highest BCUT2D eigenvalue weighted by Crippen LogP contribution is 2.37. The third-order valence-corrected chi connectivity index (χ3v) is 6.07. The number of para-hydroxylation sites is 1. The molecule has 0 bridgehead atoms. The minimum Gasteiger partial charge on any atom is -0.496 e. The van der Waals surface area contributed by atoms with E-state index >= 15 is 0 Å². The number of amides is 2. The second-order valence-electron chi connectivity index (χ2n) is 9.34. The molecule has 0 N–H and O–H groups in total. The van der Waals surface area contributed by atoms with Crippen LogP contribution in [0.1, 0.15) is 62.3 Å². The average Bonchev–Trinajstić information content (AvgIpc) is 3.33. The zero-order valence-electron chi connectivity index (χ0n) is 18.9. The van der Waals surface area contributed by atoms with E-state index in [4.69, 9.17) is 14.7 Å². The molecular weight excluding hydrogens is 392 g/mol. The number of benzene rings is 1. The first-order chi connectivity index (χ1) is 14.7. The molecule has 2 amide bonds. The predicted octanol–water partition coefficient (Wildman–Crippen LogP) is 3.59. The highest BCUT2D eigenvalue weighted by Gasteiger charge is 2.39. The van der Waals surface area contributed by atoms with Gasteiger partial charge in [-0.25, -0.2) is 9.97 Å². The van der Waals surface area contributed by atoms with Crippen molar-refractivity contribution in [3.63, 3.8) is 0 Å². The zero-order valence-corrected chi connectivity index (χ0v) is 18.9. The van der Waals surface area contributed by atoms with Crippen LogP contribution in [0.25, 0.3) is 0 Å². The number of carbonyl (C=O) groups is 2. The number of hydrogen-bond donors (Lipinski definition) is 0. The maximum Gasteiger partial charge on any atom is 0.233 e. The summed E-state index contributed by atoms with van der Waals surface area (Å²) in [5, 5.41) is 0. The zero-order chi connectivity index (χ0) is 22.3. The van der Waals surface area contributed by atoms with Gasteiger partial charge in [0.1, 0.15) is 11.6 Å². The topological polar surface area (TPSA) is 75.6 Å². The Hall–Kier alpha value is -2.96. The summed E-state index contributed by atoms with van der Waals surface area (Å²) >= 11 is 0. The SMILES string of the molecule is COc1ccccc1CN1C(=O)Cc2c(C)nc(C3CCCN3C(=O)C(C)(C)C)nc21. The quantitative estimate of drug-likeness (QED) is 0.753. The number of nitrogens with zero attached hydrogens (tertiary/aromatic N) is 4. The number of methoxy groups -OCH3 is 1. The average molecular weight is 423 g/mol. The van der Waals surface area contributed by atoms with E-state index in [1.807, 2.05) is 56.9 Å². The Bertz CT molecular complexity index is 1030. The molecule has 7 nitrogen and oxygen atoms in total. The normalized spacial score (nSPS) is 18.5. The maximum atomic E-state index is 13.0. The predicted molar refractivity (Wildman–Crippen MR) is 118 cm³/mol. The van der Waals surface area contributed by atoms with Crippen molar-refractivity contribution in [2.45, 2.75) is 59.5 Å². The van der Waals surface area contributed by atoms with Crippen LogP contribution in [0, 0.1) is 12.3 Å². The van der Waals surface area contributed by atoms with Crippen LogP contribution in [0.5, 0.6) is 5.75 Å². The highest BCUT2D eigenvalue weighted by molar-refractivity contribution is 6.00. The van der Waals surface area contributed by atoms with Gasteiger partial charge >= 0.3 is 0 Å². The van der Waals surface area contributed by atoms with Crippen LogP contribution in [0.3, 0.4) is 0 Å². The van der Waals surface area contributed by atoms with Crippen LogP contribution >= 0.6 is 0 Å². The van der Waals surface area contributed by atoms with Crippen molar-refractivity contribution in [3.8, 4) is 5.75 Å². The summed E-state index contributed by atoms with van der Waals surface area (Å²) in [7, 11) is 1.63. The summed E-state index contributed by atoms with van der Waals surface area (Å²) in [5.74, 6) is 2.15. The van der Waals surface area contributed by atoms with Crippen molar-refractivity contribution in [2.24, 2.45) is 5.41 Å². The Morgan fingerprint density at radius 2 is 1.97 bits per heavy atom. The van der Waals surface area contributed by atoms with E-state index in [9.17, 15) is 9.59 Å². The van der Waals surface area contributed by atoms with Gasteiger partial charge in [0.05, 0.1) is 26.1 Å². The van der Waals surface area contributed by atoms with E-state index in [1.54, 1.807) is 12.0 Å². The number of carbonyl (C=O) groups excluding carboxylic acids is 2. The van der Waals surface area contributed by atoms with Crippen LogP contribution in [-0.2, 0) is 22.6 Å². The molecule has 3 heterocycles. The summed E-state index contributed by atoms with van der Waals surface area (Å²) in [4.78, 5) is 39.1. The molecule has 164 valence electrons. The highest BCUT2D eigenvalue weighted by atomic mass is 16.5. The molecule has 2 aromatic rings. The second kappa shape index (κ2) is 7.94. The summed E-state index contributed by atoms with van der Waals surface area (Å²) in [6, 6.07) is 7.54. The molecule has 1 aromatic carbocycles. The van der Waals surface area contributed by atoms with Crippen molar-refractivity contribution >= 4 is 17.6 Å². The van der Waals surface area contributed by atoms with E-state index < -0.39 is 5.41 Å². The molecule has 0 saturated carbocycles. The number of likely N-dealkylation sites (tertiary alicyclic amines) is 1. The van der Waals surface area contributed by atoms with Gasteiger partial charge in [0.15, 0.2) is 5.82 Å². The Balaban J connectivity index is 1.70. The standard InChI is InChI=1S/C24H30N4O3/c1-15-17-13-20(29)28(14-16-9-6-7-11-19(16)31-5)22(17)26-21(25-15)18-10-8-12-27(18)23(30)24(2,3)4/h6-7,9,11,18H,8,10,12-14H2,1-5H3. The lowest BCUT2D eigenvalue weighted by Gasteiger charge is -2.30. The van der Waals surface area contributed by atoms with Crippen molar-refractivity contribution in [2.75, 3.05) is 18.6 Å². The third kappa shape index (κ3) is 3.89. The Morgan fingerprint density at radius 1 is 1.23 bits per heavy atom. The molecule has 1 aromatic heterocycles. The number of aromatic nitrogens is 2. The fourth-order valence-electron chi connectivity index (χ4n) is 4.42. The Morgan fingerprint density at radius 3 is 2.68 bits per heavy atom. The van der Waals surface area contributed by atoms with Crippen LogP contribution < -0.4 is 9.64 Å². The lowest BCUT2D eigenvalue weighted by molar-refractivity contribution is -0.140.